The minimum absolute atomic E-state index is 0.0111. The third-order valence-electron chi connectivity index (χ3n) is 7.47. The van der Waals surface area contributed by atoms with E-state index in [1.165, 1.54) is 0 Å². The van der Waals surface area contributed by atoms with Crippen molar-refractivity contribution >= 4 is 0 Å². The molecular formula is C27H29F7O2. The minimum Gasteiger partial charge on any atom is -0.429 e. The zero-order chi connectivity index (χ0) is 26.0. The first-order chi connectivity index (χ1) is 17.1. The van der Waals surface area contributed by atoms with E-state index in [-0.39, 0.29) is 29.7 Å². The number of benzene rings is 2. The van der Waals surface area contributed by atoms with Crippen LogP contribution < -0.4 is 4.74 Å². The summed E-state index contributed by atoms with van der Waals surface area (Å²) < 4.78 is 109. The van der Waals surface area contributed by atoms with Crippen LogP contribution in [0.1, 0.15) is 75.3 Å². The Morgan fingerprint density at radius 1 is 0.861 bits per heavy atom. The number of alkyl halides is 2. The third-order valence-corrected chi connectivity index (χ3v) is 7.47. The highest BCUT2D eigenvalue weighted by Crippen LogP contribution is 2.43. The maximum absolute atomic E-state index is 14.9. The van der Waals surface area contributed by atoms with Crippen LogP contribution in [0.4, 0.5) is 30.7 Å². The van der Waals surface area contributed by atoms with Gasteiger partial charge in [0.1, 0.15) is 11.3 Å². The predicted octanol–water partition coefficient (Wildman–Crippen LogP) is 8.38. The van der Waals surface area contributed by atoms with Crippen molar-refractivity contribution in [3.8, 4) is 5.75 Å². The van der Waals surface area contributed by atoms with E-state index in [0.29, 0.717) is 30.7 Å². The molecule has 9 heteroatoms. The van der Waals surface area contributed by atoms with Gasteiger partial charge in [-0.2, -0.15) is 8.78 Å². The summed E-state index contributed by atoms with van der Waals surface area (Å²) in [5.74, 6) is -9.01. The molecule has 0 N–H and O–H groups in total. The van der Waals surface area contributed by atoms with Crippen LogP contribution in [0, 0.1) is 40.9 Å². The quantitative estimate of drug-likeness (QED) is 0.271. The van der Waals surface area contributed by atoms with Crippen LogP contribution in [0.25, 0.3) is 0 Å². The van der Waals surface area contributed by atoms with Crippen molar-refractivity contribution in [2.45, 2.75) is 76.4 Å². The standard InChI is InChI=1S/C27H29F7O2/c1-2-3-15-4-11-23(35-14-15)17-7-5-16(6-8-17)19-9-10-20(25(31)24(19)30)27(33,34)36-18-12-21(28)26(32)22(29)13-18/h9-10,12-13,15-17,23H,2-8,11,14H2,1H3. The van der Waals surface area contributed by atoms with E-state index in [4.69, 9.17) is 4.74 Å². The first-order valence-corrected chi connectivity index (χ1v) is 12.4. The molecule has 0 aromatic heterocycles. The van der Waals surface area contributed by atoms with Gasteiger partial charge in [0.15, 0.2) is 29.1 Å². The monoisotopic (exact) mass is 518 g/mol. The zero-order valence-electron chi connectivity index (χ0n) is 19.9. The molecule has 2 atom stereocenters. The molecule has 198 valence electrons. The third kappa shape index (κ3) is 5.66. The number of rotatable bonds is 7. The number of hydrogen-bond donors (Lipinski definition) is 0. The maximum Gasteiger partial charge on any atom is 0.429 e. The average Bonchev–Trinajstić information content (AvgIpc) is 2.84. The van der Waals surface area contributed by atoms with Gasteiger partial charge in [0.25, 0.3) is 0 Å². The van der Waals surface area contributed by atoms with E-state index in [1.54, 1.807) is 0 Å². The average molecular weight is 519 g/mol. The summed E-state index contributed by atoms with van der Waals surface area (Å²) in [6, 6.07) is 2.23. The Balaban J connectivity index is 1.42. The smallest absolute Gasteiger partial charge is 0.429 e. The normalized spacial score (nSPS) is 25.1. The minimum atomic E-state index is -4.45. The Kier molecular flexibility index (Phi) is 8.17. The number of ether oxygens (including phenoxy) is 2. The fourth-order valence-electron chi connectivity index (χ4n) is 5.53. The lowest BCUT2D eigenvalue weighted by atomic mass is 9.74. The van der Waals surface area contributed by atoms with Gasteiger partial charge in [0.2, 0.25) is 0 Å². The van der Waals surface area contributed by atoms with Crippen LogP contribution in [-0.4, -0.2) is 12.7 Å². The van der Waals surface area contributed by atoms with E-state index in [9.17, 15) is 30.7 Å². The maximum atomic E-state index is 14.9. The first-order valence-electron chi connectivity index (χ1n) is 12.4. The molecule has 2 unspecified atom stereocenters. The summed E-state index contributed by atoms with van der Waals surface area (Å²) in [5, 5.41) is 0. The van der Waals surface area contributed by atoms with Crippen molar-refractivity contribution in [2.75, 3.05) is 6.61 Å². The van der Waals surface area contributed by atoms with Crippen molar-refractivity contribution in [1.29, 1.82) is 0 Å². The fraction of sp³-hybridized carbons (Fsp3) is 0.556. The highest BCUT2D eigenvalue weighted by molar-refractivity contribution is 5.33. The summed E-state index contributed by atoms with van der Waals surface area (Å²) >= 11 is 0. The Morgan fingerprint density at radius 3 is 2.11 bits per heavy atom. The van der Waals surface area contributed by atoms with Gasteiger partial charge < -0.3 is 9.47 Å². The second-order valence-electron chi connectivity index (χ2n) is 9.87. The molecule has 2 nitrogen and oxygen atoms in total. The molecule has 0 bridgehead atoms. The summed E-state index contributed by atoms with van der Waals surface area (Å²) in [6.07, 6.45) is 2.84. The summed E-state index contributed by atoms with van der Waals surface area (Å²) in [7, 11) is 0. The first kappa shape index (κ1) is 26.8. The molecule has 2 aliphatic rings. The van der Waals surface area contributed by atoms with E-state index in [2.05, 4.69) is 11.7 Å². The molecule has 0 amide bonds. The van der Waals surface area contributed by atoms with Gasteiger partial charge in [-0.15, -0.1) is 0 Å². The second kappa shape index (κ2) is 11.0. The Hall–Kier alpha value is -2.29. The molecule has 1 aliphatic carbocycles. The molecule has 2 fully saturated rings. The lowest BCUT2D eigenvalue weighted by Crippen LogP contribution is -2.34. The molecular weight excluding hydrogens is 489 g/mol. The van der Waals surface area contributed by atoms with E-state index in [1.807, 2.05) is 0 Å². The van der Waals surface area contributed by atoms with Crippen LogP contribution in [-0.2, 0) is 10.8 Å². The molecule has 1 heterocycles. The van der Waals surface area contributed by atoms with Gasteiger partial charge in [0, 0.05) is 18.7 Å². The molecule has 1 saturated carbocycles. The number of hydrogen-bond acceptors (Lipinski definition) is 2. The molecule has 4 rings (SSSR count). The summed E-state index contributed by atoms with van der Waals surface area (Å²) in [5.41, 5.74) is -1.41. The van der Waals surface area contributed by atoms with Crippen molar-refractivity contribution in [3.05, 3.63) is 64.5 Å². The van der Waals surface area contributed by atoms with Crippen molar-refractivity contribution in [1.82, 2.24) is 0 Å². The topological polar surface area (TPSA) is 18.5 Å². The lowest BCUT2D eigenvalue weighted by molar-refractivity contribution is -0.188. The van der Waals surface area contributed by atoms with Crippen molar-refractivity contribution in [3.63, 3.8) is 0 Å². The number of halogens is 7. The Labute approximate surface area is 205 Å². The largest absolute Gasteiger partial charge is 0.429 e. The molecule has 0 spiro atoms. The second-order valence-corrected chi connectivity index (χ2v) is 9.87. The molecule has 1 saturated heterocycles. The summed E-state index contributed by atoms with van der Waals surface area (Å²) in [6.45, 7) is 2.91. The Bertz CT molecular complexity index is 1040. The molecule has 36 heavy (non-hydrogen) atoms. The van der Waals surface area contributed by atoms with E-state index in [0.717, 1.165) is 51.2 Å². The highest BCUT2D eigenvalue weighted by atomic mass is 19.3. The Morgan fingerprint density at radius 2 is 1.53 bits per heavy atom. The van der Waals surface area contributed by atoms with Gasteiger partial charge in [0.05, 0.1) is 6.10 Å². The van der Waals surface area contributed by atoms with Gasteiger partial charge in [-0.3, -0.25) is 0 Å². The van der Waals surface area contributed by atoms with Crippen molar-refractivity contribution in [2.24, 2.45) is 11.8 Å². The molecule has 2 aromatic carbocycles. The van der Waals surface area contributed by atoms with E-state index < -0.39 is 46.5 Å². The van der Waals surface area contributed by atoms with Gasteiger partial charge >= 0.3 is 6.11 Å². The molecule has 2 aromatic rings. The van der Waals surface area contributed by atoms with Crippen LogP contribution in [0.15, 0.2) is 24.3 Å². The highest BCUT2D eigenvalue weighted by Gasteiger charge is 2.41. The lowest BCUT2D eigenvalue weighted by Gasteiger charge is -2.38. The van der Waals surface area contributed by atoms with Gasteiger partial charge in [-0.05, 0) is 74.3 Å². The van der Waals surface area contributed by atoms with Gasteiger partial charge in [-0.25, -0.2) is 22.0 Å². The molecule has 1 aliphatic heterocycles. The van der Waals surface area contributed by atoms with Crippen LogP contribution in [0.5, 0.6) is 5.75 Å². The summed E-state index contributed by atoms with van der Waals surface area (Å²) in [4.78, 5) is 0. The fourth-order valence-corrected chi connectivity index (χ4v) is 5.53. The van der Waals surface area contributed by atoms with Gasteiger partial charge in [-0.1, -0.05) is 19.4 Å². The van der Waals surface area contributed by atoms with E-state index >= 15 is 0 Å². The zero-order valence-corrected chi connectivity index (χ0v) is 19.9. The SMILES string of the molecule is CCCC1CCC(C2CCC(c3ccc(C(F)(F)Oc4cc(F)c(F)c(F)c4)c(F)c3F)CC2)OC1. The van der Waals surface area contributed by atoms with Crippen LogP contribution in [0.3, 0.4) is 0 Å². The molecule has 0 radical (unpaired) electrons. The van der Waals surface area contributed by atoms with Crippen LogP contribution in [0.2, 0.25) is 0 Å². The predicted molar refractivity (Wildman–Crippen MR) is 119 cm³/mol. The van der Waals surface area contributed by atoms with Crippen molar-refractivity contribution < 1.29 is 40.2 Å². The van der Waals surface area contributed by atoms with Crippen LogP contribution >= 0.6 is 0 Å².